The SMILES string of the molecule is CC(O)c1cccc(SCC(=O)NC2CCOCC2)c1. The predicted molar refractivity (Wildman–Crippen MR) is 79.8 cm³/mol. The summed E-state index contributed by atoms with van der Waals surface area (Å²) in [5.41, 5.74) is 0.875. The lowest BCUT2D eigenvalue weighted by Gasteiger charge is -2.23. The van der Waals surface area contributed by atoms with Crippen molar-refractivity contribution in [3.63, 3.8) is 0 Å². The van der Waals surface area contributed by atoms with Gasteiger partial charge in [-0.05, 0) is 37.5 Å². The van der Waals surface area contributed by atoms with E-state index >= 15 is 0 Å². The van der Waals surface area contributed by atoms with Crippen molar-refractivity contribution < 1.29 is 14.6 Å². The lowest BCUT2D eigenvalue weighted by Crippen LogP contribution is -2.39. The molecular formula is C15H21NO3S. The lowest BCUT2D eigenvalue weighted by atomic mass is 10.1. The summed E-state index contributed by atoms with van der Waals surface area (Å²) >= 11 is 1.49. The average Bonchev–Trinajstić information content (AvgIpc) is 2.46. The van der Waals surface area contributed by atoms with Gasteiger partial charge >= 0.3 is 0 Å². The van der Waals surface area contributed by atoms with Gasteiger partial charge < -0.3 is 15.2 Å². The van der Waals surface area contributed by atoms with Crippen LogP contribution in [-0.2, 0) is 9.53 Å². The molecule has 0 bridgehead atoms. The number of nitrogens with one attached hydrogen (secondary N) is 1. The van der Waals surface area contributed by atoms with E-state index in [1.54, 1.807) is 6.92 Å². The first kappa shape index (κ1) is 15.4. The Morgan fingerprint density at radius 2 is 2.25 bits per heavy atom. The number of aliphatic hydroxyl groups excluding tert-OH is 1. The molecule has 1 saturated heterocycles. The maximum absolute atomic E-state index is 11.9. The Morgan fingerprint density at radius 3 is 2.95 bits per heavy atom. The minimum Gasteiger partial charge on any atom is -0.389 e. The van der Waals surface area contributed by atoms with E-state index in [-0.39, 0.29) is 11.9 Å². The van der Waals surface area contributed by atoms with Crippen molar-refractivity contribution in [3.8, 4) is 0 Å². The van der Waals surface area contributed by atoms with E-state index in [1.165, 1.54) is 11.8 Å². The maximum atomic E-state index is 11.9. The number of carbonyl (C=O) groups is 1. The second kappa shape index (κ2) is 7.67. The normalized spacial score (nSPS) is 17.7. The van der Waals surface area contributed by atoms with Gasteiger partial charge in [0.1, 0.15) is 0 Å². The number of ether oxygens (including phenoxy) is 1. The van der Waals surface area contributed by atoms with Gasteiger partial charge in [0.25, 0.3) is 0 Å². The molecule has 5 heteroatoms. The number of amides is 1. The third-order valence-corrected chi connectivity index (χ3v) is 4.29. The number of aliphatic hydroxyl groups is 1. The van der Waals surface area contributed by atoms with Crippen molar-refractivity contribution in [2.45, 2.75) is 36.8 Å². The number of rotatable bonds is 5. The smallest absolute Gasteiger partial charge is 0.230 e. The van der Waals surface area contributed by atoms with Gasteiger partial charge in [-0.15, -0.1) is 11.8 Å². The Labute approximate surface area is 123 Å². The Balaban J connectivity index is 1.79. The molecule has 1 aliphatic rings. The summed E-state index contributed by atoms with van der Waals surface area (Å²) in [6.45, 7) is 3.20. The van der Waals surface area contributed by atoms with Crippen LogP contribution in [0.15, 0.2) is 29.2 Å². The molecule has 20 heavy (non-hydrogen) atoms. The van der Waals surface area contributed by atoms with Crippen LogP contribution in [0, 0.1) is 0 Å². The Hall–Kier alpha value is -1.04. The highest BCUT2D eigenvalue weighted by molar-refractivity contribution is 8.00. The van der Waals surface area contributed by atoms with Gasteiger partial charge in [0.15, 0.2) is 0 Å². The fourth-order valence-electron chi connectivity index (χ4n) is 2.12. The fraction of sp³-hybridized carbons (Fsp3) is 0.533. The first-order chi connectivity index (χ1) is 9.65. The number of hydrogen-bond donors (Lipinski definition) is 2. The van der Waals surface area contributed by atoms with Crippen LogP contribution in [0.2, 0.25) is 0 Å². The van der Waals surface area contributed by atoms with Crippen molar-refractivity contribution in [2.24, 2.45) is 0 Å². The number of hydrogen-bond acceptors (Lipinski definition) is 4. The second-order valence-corrected chi connectivity index (χ2v) is 6.04. The van der Waals surface area contributed by atoms with Crippen LogP contribution in [0.4, 0.5) is 0 Å². The molecule has 1 aromatic carbocycles. The molecule has 0 spiro atoms. The third kappa shape index (κ3) is 4.81. The molecule has 1 atom stereocenters. The van der Waals surface area contributed by atoms with Crippen molar-refractivity contribution in [2.75, 3.05) is 19.0 Å². The summed E-state index contributed by atoms with van der Waals surface area (Å²) in [4.78, 5) is 12.9. The van der Waals surface area contributed by atoms with Gasteiger partial charge in [0, 0.05) is 24.2 Å². The number of benzene rings is 1. The summed E-state index contributed by atoms with van der Waals surface area (Å²) < 4.78 is 5.27. The van der Waals surface area contributed by atoms with Crippen LogP contribution in [0.3, 0.4) is 0 Å². The molecule has 0 aliphatic carbocycles. The van der Waals surface area contributed by atoms with E-state index in [9.17, 15) is 9.90 Å². The molecule has 1 aromatic rings. The summed E-state index contributed by atoms with van der Waals surface area (Å²) in [6.07, 6.45) is 1.31. The zero-order valence-corrected chi connectivity index (χ0v) is 12.5. The molecule has 1 fully saturated rings. The van der Waals surface area contributed by atoms with Gasteiger partial charge in [0.05, 0.1) is 11.9 Å². The zero-order chi connectivity index (χ0) is 14.4. The number of carbonyl (C=O) groups excluding carboxylic acids is 1. The Bertz CT molecular complexity index is 444. The second-order valence-electron chi connectivity index (χ2n) is 4.99. The summed E-state index contributed by atoms with van der Waals surface area (Å²) in [5.74, 6) is 0.463. The van der Waals surface area contributed by atoms with Gasteiger partial charge in [0.2, 0.25) is 5.91 Å². The van der Waals surface area contributed by atoms with E-state index in [1.807, 2.05) is 24.3 Å². The topological polar surface area (TPSA) is 58.6 Å². The minimum atomic E-state index is -0.480. The number of thioether (sulfide) groups is 1. The average molecular weight is 295 g/mol. The quantitative estimate of drug-likeness (QED) is 0.817. The molecule has 0 radical (unpaired) electrons. The highest BCUT2D eigenvalue weighted by atomic mass is 32.2. The molecule has 2 N–H and O–H groups in total. The molecule has 2 rings (SSSR count). The molecule has 1 heterocycles. The molecule has 0 aromatic heterocycles. The molecular weight excluding hydrogens is 274 g/mol. The van der Waals surface area contributed by atoms with Crippen molar-refractivity contribution in [1.29, 1.82) is 0 Å². The highest BCUT2D eigenvalue weighted by Crippen LogP contribution is 2.22. The summed E-state index contributed by atoms with van der Waals surface area (Å²) in [6, 6.07) is 7.92. The van der Waals surface area contributed by atoms with Gasteiger partial charge in [-0.1, -0.05) is 12.1 Å². The highest BCUT2D eigenvalue weighted by Gasteiger charge is 2.16. The Kier molecular flexibility index (Phi) is 5.88. The molecule has 1 aliphatic heterocycles. The standard InChI is InChI=1S/C15H21NO3S/c1-11(17)12-3-2-4-14(9-12)20-10-15(18)16-13-5-7-19-8-6-13/h2-4,9,11,13,17H,5-8,10H2,1H3,(H,16,18). The maximum Gasteiger partial charge on any atom is 0.230 e. The first-order valence-electron chi connectivity index (χ1n) is 6.93. The molecule has 1 unspecified atom stereocenters. The summed E-state index contributed by atoms with van der Waals surface area (Å²) in [5, 5.41) is 12.6. The van der Waals surface area contributed by atoms with Crippen LogP contribution in [0.1, 0.15) is 31.4 Å². The van der Waals surface area contributed by atoms with Crippen LogP contribution >= 0.6 is 11.8 Å². The third-order valence-electron chi connectivity index (χ3n) is 3.30. The van der Waals surface area contributed by atoms with Crippen molar-refractivity contribution in [3.05, 3.63) is 29.8 Å². The lowest BCUT2D eigenvalue weighted by molar-refractivity contribution is -0.119. The van der Waals surface area contributed by atoms with Gasteiger partial charge in [-0.2, -0.15) is 0 Å². The van der Waals surface area contributed by atoms with E-state index < -0.39 is 6.10 Å². The van der Waals surface area contributed by atoms with Crippen molar-refractivity contribution >= 4 is 17.7 Å². The van der Waals surface area contributed by atoms with E-state index in [0.29, 0.717) is 5.75 Å². The monoisotopic (exact) mass is 295 g/mol. The van der Waals surface area contributed by atoms with E-state index in [4.69, 9.17) is 4.74 Å². The van der Waals surface area contributed by atoms with Crippen LogP contribution < -0.4 is 5.32 Å². The predicted octanol–water partition coefficient (Wildman–Crippen LogP) is 2.13. The molecule has 4 nitrogen and oxygen atoms in total. The minimum absolute atomic E-state index is 0.0596. The van der Waals surface area contributed by atoms with Crippen LogP contribution in [0.5, 0.6) is 0 Å². The largest absolute Gasteiger partial charge is 0.389 e. The van der Waals surface area contributed by atoms with E-state index in [0.717, 1.165) is 36.5 Å². The Morgan fingerprint density at radius 1 is 1.50 bits per heavy atom. The molecule has 1 amide bonds. The van der Waals surface area contributed by atoms with Crippen LogP contribution in [-0.4, -0.2) is 36.0 Å². The molecule has 0 saturated carbocycles. The summed E-state index contributed by atoms with van der Waals surface area (Å²) in [7, 11) is 0. The zero-order valence-electron chi connectivity index (χ0n) is 11.7. The fourth-order valence-corrected chi connectivity index (χ4v) is 2.90. The first-order valence-corrected chi connectivity index (χ1v) is 7.91. The van der Waals surface area contributed by atoms with E-state index in [2.05, 4.69) is 5.32 Å². The molecule has 110 valence electrons. The van der Waals surface area contributed by atoms with Gasteiger partial charge in [-0.3, -0.25) is 4.79 Å². The van der Waals surface area contributed by atoms with Crippen molar-refractivity contribution in [1.82, 2.24) is 5.32 Å². The van der Waals surface area contributed by atoms with Crippen LogP contribution in [0.25, 0.3) is 0 Å². The van der Waals surface area contributed by atoms with Gasteiger partial charge in [-0.25, -0.2) is 0 Å².